The number of rotatable bonds is 9. The molecule has 33 heavy (non-hydrogen) atoms. The number of nitrogens with zero attached hydrogens (tertiary/aromatic N) is 1. The molecule has 0 saturated carbocycles. The predicted molar refractivity (Wildman–Crippen MR) is 125 cm³/mol. The number of morpholine rings is 1. The lowest BCUT2D eigenvalue weighted by Gasteiger charge is -2.26. The monoisotopic (exact) mass is 450 g/mol. The minimum Gasteiger partial charge on any atom is -0.479 e. The number of aliphatic carboxylic acids is 1. The number of amides is 1. The quantitative estimate of drug-likeness (QED) is 0.448. The first-order valence-corrected chi connectivity index (χ1v) is 11.4. The molecule has 1 atom stereocenters. The van der Waals surface area contributed by atoms with Crippen molar-refractivity contribution in [3.8, 4) is 11.1 Å². The molecular weight excluding hydrogens is 420 g/mol. The molecule has 1 fully saturated rings. The van der Waals surface area contributed by atoms with Gasteiger partial charge in [-0.1, -0.05) is 60.7 Å². The van der Waals surface area contributed by atoms with Gasteiger partial charge in [0.2, 0.25) is 0 Å². The Labute approximate surface area is 194 Å². The Morgan fingerprint density at radius 3 is 2.36 bits per heavy atom. The molecule has 2 aliphatic rings. The highest BCUT2D eigenvalue weighted by molar-refractivity contribution is 5.82. The average Bonchev–Trinajstić information content (AvgIpc) is 3.16. The highest BCUT2D eigenvalue weighted by atomic mass is 16.5. The van der Waals surface area contributed by atoms with E-state index in [4.69, 9.17) is 9.47 Å². The van der Waals surface area contributed by atoms with Gasteiger partial charge in [0.15, 0.2) is 0 Å². The van der Waals surface area contributed by atoms with Crippen LogP contribution >= 0.6 is 0 Å². The van der Waals surface area contributed by atoms with E-state index in [1.807, 2.05) is 42.5 Å². The molecule has 1 heterocycles. The van der Waals surface area contributed by atoms with E-state index in [-0.39, 0.29) is 12.5 Å². The van der Waals surface area contributed by atoms with Crippen molar-refractivity contribution in [1.29, 1.82) is 0 Å². The van der Waals surface area contributed by atoms with Crippen LogP contribution < -0.4 is 5.32 Å². The summed E-state index contributed by atoms with van der Waals surface area (Å²) in [4.78, 5) is 26.3. The lowest BCUT2D eigenvalue weighted by atomic mass is 9.98. The summed E-state index contributed by atoms with van der Waals surface area (Å²) in [6.45, 7) is 4.50. The van der Waals surface area contributed by atoms with Crippen LogP contribution in [0.1, 0.15) is 29.9 Å². The van der Waals surface area contributed by atoms with Crippen LogP contribution in [0.15, 0.2) is 60.7 Å². The van der Waals surface area contributed by atoms with E-state index in [1.54, 1.807) is 0 Å². The maximum Gasteiger partial charge on any atom is 0.408 e. The topological polar surface area (TPSA) is 88.1 Å². The van der Waals surface area contributed by atoms with E-state index in [0.29, 0.717) is 0 Å². The number of carbonyl (C=O) groups is 2. The molecule has 7 heteroatoms. The summed E-state index contributed by atoms with van der Waals surface area (Å²) in [5, 5.41) is 11.9. The van der Waals surface area contributed by atoms with Crippen molar-refractivity contribution >= 4 is 12.1 Å². The number of carbonyl (C=O) groups excluding carboxylic acids is 1. The van der Waals surface area contributed by atoms with E-state index >= 15 is 0 Å². The number of benzene rings is 2. The molecule has 1 aliphatic heterocycles. The molecule has 1 saturated heterocycles. The van der Waals surface area contributed by atoms with Crippen molar-refractivity contribution in [2.24, 2.45) is 0 Å². The Morgan fingerprint density at radius 2 is 1.73 bits per heavy atom. The van der Waals surface area contributed by atoms with Crippen LogP contribution in [0.2, 0.25) is 0 Å². The number of carboxylic acid groups (broad SMARTS) is 1. The molecule has 0 unspecified atom stereocenters. The van der Waals surface area contributed by atoms with Gasteiger partial charge in [-0.2, -0.15) is 0 Å². The lowest BCUT2D eigenvalue weighted by Crippen LogP contribution is -2.40. The number of carboxylic acids is 1. The van der Waals surface area contributed by atoms with E-state index in [2.05, 4.69) is 22.3 Å². The van der Waals surface area contributed by atoms with Crippen molar-refractivity contribution < 1.29 is 24.2 Å². The average molecular weight is 451 g/mol. The molecule has 2 aromatic carbocycles. The van der Waals surface area contributed by atoms with Crippen molar-refractivity contribution in [2.45, 2.75) is 24.8 Å². The number of hydrogen-bond donors (Lipinski definition) is 2. The fourth-order valence-corrected chi connectivity index (χ4v) is 4.45. The zero-order valence-corrected chi connectivity index (χ0v) is 18.6. The minimum absolute atomic E-state index is 0.0674. The lowest BCUT2D eigenvalue weighted by molar-refractivity contribution is -0.138. The zero-order chi connectivity index (χ0) is 23.0. The van der Waals surface area contributed by atoms with Crippen LogP contribution in [0.4, 0.5) is 4.79 Å². The smallest absolute Gasteiger partial charge is 0.408 e. The second-order valence-corrected chi connectivity index (χ2v) is 8.31. The van der Waals surface area contributed by atoms with Crippen molar-refractivity contribution in [3.05, 3.63) is 71.8 Å². The van der Waals surface area contributed by atoms with Crippen LogP contribution in [0, 0.1) is 0 Å². The number of fused-ring (bicyclic) bond motifs is 3. The third-order valence-electron chi connectivity index (χ3n) is 6.16. The largest absolute Gasteiger partial charge is 0.479 e. The Hall–Kier alpha value is -3.16. The van der Waals surface area contributed by atoms with Crippen molar-refractivity contribution in [3.63, 3.8) is 0 Å². The number of ether oxygens (including phenoxy) is 2. The van der Waals surface area contributed by atoms with Gasteiger partial charge in [-0.3, -0.25) is 4.90 Å². The summed E-state index contributed by atoms with van der Waals surface area (Å²) in [6, 6.07) is 15.0. The van der Waals surface area contributed by atoms with Crippen LogP contribution in [0.3, 0.4) is 0 Å². The summed E-state index contributed by atoms with van der Waals surface area (Å²) < 4.78 is 10.8. The first-order chi connectivity index (χ1) is 16.1. The van der Waals surface area contributed by atoms with E-state index in [9.17, 15) is 14.7 Å². The van der Waals surface area contributed by atoms with Crippen LogP contribution in [-0.4, -0.2) is 67.6 Å². The number of alkyl carbamates (subject to hydrolysis) is 1. The predicted octanol–water partition coefficient (Wildman–Crippen LogP) is 3.65. The fraction of sp³-hybridized carbons (Fsp3) is 0.385. The van der Waals surface area contributed by atoms with Crippen LogP contribution in [-0.2, 0) is 14.3 Å². The van der Waals surface area contributed by atoms with Crippen molar-refractivity contribution in [2.75, 3.05) is 39.5 Å². The Bertz CT molecular complexity index is 954. The summed E-state index contributed by atoms with van der Waals surface area (Å²) in [5.74, 6) is -1.19. The molecular formula is C26H30N2O5. The molecule has 7 nitrogen and oxygen atoms in total. The Balaban J connectivity index is 1.27. The standard InChI is InChI=1S/C26H30N2O5/c29-25(30)24(12-2-1-7-13-28-14-16-32-17-15-28)27-26(31)33-18-23-21-10-5-3-8-19(21)20-9-4-6-11-22(20)23/h2-6,8-12,23-24H,1,7,13-18H2,(H,27,31)(H,29,30)/t24-/m0/s1. The third-order valence-corrected chi connectivity index (χ3v) is 6.16. The Morgan fingerprint density at radius 1 is 1.09 bits per heavy atom. The molecule has 0 radical (unpaired) electrons. The SMILES string of the molecule is O=C(N[C@@H](C=CCCCN1CCOCC1)C(=O)O)OCC1c2ccccc2-c2ccccc21. The Kier molecular flexibility index (Phi) is 7.75. The summed E-state index contributed by atoms with van der Waals surface area (Å²) in [6.07, 6.45) is 4.26. The number of nitrogens with one attached hydrogen (secondary N) is 1. The van der Waals surface area contributed by atoms with Gasteiger partial charge in [-0.15, -0.1) is 0 Å². The first-order valence-electron chi connectivity index (χ1n) is 11.4. The maximum atomic E-state index is 12.4. The highest BCUT2D eigenvalue weighted by Crippen LogP contribution is 2.44. The van der Waals surface area contributed by atoms with Crippen LogP contribution in [0.5, 0.6) is 0 Å². The number of unbranched alkanes of at least 4 members (excludes halogenated alkanes) is 1. The maximum absolute atomic E-state index is 12.4. The molecule has 0 bridgehead atoms. The zero-order valence-electron chi connectivity index (χ0n) is 18.6. The summed E-state index contributed by atoms with van der Waals surface area (Å²) >= 11 is 0. The van der Waals surface area contributed by atoms with Gasteiger partial charge in [0.05, 0.1) is 13.2 Å². The second kappa shape index (κ2) is 11.1. The molecule has 0 aromatic heterocycles. The van der Waals surface area contributed by atoms with Gasteiger partial charge < -0.3 is 19.9 Å². The van der Waals surface area contributed by atoms with Gasteiger partial charge >= 0.3 is 12.1 Å². The van der Waals surface area contributed by atoms with Gasteiger partial charge in [0.1, 0.15) is 12.6 Å². The molecule has 4 rings (SSSR count). The van der Waals surface area contributed by atoms with Crippen molar-refractivity contribution in [1.82, 2.24) is 10.2 Å². The third kappa shape index (κ3) is 5.80. The number of hydrogen-bond acceptors (Lipinski definition) is 5. The van der Waals surface area contributed by atoms with E-state index < -0.39 is 18.1 Å². The molecule has 1 amide bonds. The molecule has 0 spiro atoms. The van der Waals surface area contributed by atoms with Gasteiger partial charge in [0.25, 0.3) is 0 Å². The summed E-state index contributed by atoms with van der Waals surface area (Å²) in [5.41, 5.74) is 4.51. The van der Waals surface area contributed by atoms with E-state index in [0.717, 1.165) is 67.9 Å². The van der Waals surface area contributed by atoms with Gasteiger partial charge in [-0.25, -0.2) is 9.59 Å². The fourth-order valence-electron chi connectivity index (χ4n) is 4.45. The molecule has 1 aliphatic carbocycles. The highest BCUT2D eigenvalue weighted by Gasteiger charge is 2.29. The number of allylic oxidation sites excluding steroid dienone is 1. The van der Waals surface area contributed by atoms with Crippen LogP contribution in [0.25, 0.3) is 11.1 Å². The van der Waals surface area contributed by atoms with E-state index in [1.165, 1.54) is 6.08 Å². The second-order valence-electron chi connectivity index (χ2n) is 8.31. The minimum atomic E-state index is -1.12. The molecule has 2 N–H and O–H groups in total. The molecule has 2 aromatic rings. The van der Waals surface area contributed by atoms with Gasteiger partial charge in [0, 0.05) is 19.0 Å². The first kappa shape index (κ1) is 23.0. The normalized spacial score (nSPS) is 16.8. The van der Waals surface area contributed by atoms with Gasteiger partial charge in [-0.05, 0) is 41.6 Å². The molecule has 174 valence electrons. The summed E-state index contributed by atoms with van der Waals surface area (Å²) in [7, 11) is 0.